The van der Waals surface area contributed by atoms with Crippen LogP contribution in [-0.4, -0.2) is 18.5 Å². The van der Waals surface area contributed by atoms with E-state index >= 15 is 0 Å². The van der Waals surface area contributed by atoms with Crippen molar-refractivity contribution >= 4 is 17.3 Å². The third-order valence-electron chi connectivity index (χ3n) is 3.13. The van der Waals surface area contributed by atoms with Gasteiger partial charge in [0.2, 0.25) is 5.91 Å². The molecule has 1 heterocycles. The van der Waals surface area contributed by atoms with Crippen LogP contribution >= 0.6 is 0 Å². The fraction of sp³-hybridized carbons (Fsp3) is 0.333. The van der Waals surface area contributed by atoms with Gasteiger partial charge < -0.3 is 10.2 Å². The van der Waals surface area contributed by atoms with Crippen LogP contribution in [-0.2, 0) is 4.79 Å². The molecule has 1 amide bonds. The van der Waals surface area contributed by atoms with E-state index in [1.165, 1.54) is 0 Å². The SMILES string of the molecule is CN1c2cc(C#N)ccc2NC(=O)C1(C)C. The van der Waals surface area contributed by atoms with E-state index in [2.05, 4.69) is 11.4 Å². The molecule has 1 aromatic carbocycles. The van der Waals surface area contributed by atoms with E-state index in [-0.39, 0.29) is 5.91 Å². The van der Waals surface area contributed by atoms with Crippen molar-refractivity contribution in [1.29, 1.82) is 5.26 Å². The van der Waals surface area contributed by atoms with Gasteiger partial charge in [0.25, 0.3) is 0 Å². The zero-order valence-electron chi connectivity index (χ0n) is 9.53. The second kappa shape index (κ2) is 3.24. The number of rotatable bonds is 0. The molecule has 0 spiro atoms. The monoisotopic (exact) mass is 215 g/mol. The molecule has 16 heavy (non-hydrogen) atoms. The molecule has 0 fully saturated rings. The van der Waals surface area contributed by atoms with Gasteiger partial charge in [0.15, 0.2) is 0 Å². The number of likely N-dealkylation sites (N-methyl/N-ethyl adjacent to an activating group) is 1. The molecule has 82 valence electrons. The van der Waals surface area contributed by atoms with Crippen LogP contribution in [0.25, 0.3) is 0 Å². The van der Waals surface area contributed by atoms with Crippen molar-refractivity contribution in [2.24, 2.45) is 0 Å². The number of nitrogens with zero attached hydrogens (tertiary/aromatic N) is 2. The lowest BCUT2D eigenvalue weighted by Gasteiger charge is -2.41. The average molecular weight is 215 g/mol. The molecular weight excluding hydrogens is 202 g/mol. The average Bonchev–Trinajstić information content (AvgIpc) is 2.27. The molecule has 4 nitrogen and oxygen atoms in total. The Morgan fingerprint density at radius 2 is 2.12 bits per heavy atom. The van der Waals surface area contributed by atoms with E-state index in [0.29, 0.717) is 5.56 Å². The third kappa shape index (κ3) is 1.33. The fourth-order valence-corrected chi connectivity index (χ4v) is 1.71. The lowest BCUT2D eigenvalue weighted by atomic mass is 9.97. The highest BCUT2D eigenvalue weighted by molar-refractivity contribution is 6.06. The van der Waals surface area contributed by atoms with E-state index in [9.17, 15) is 4.79 Å². The number of hydrogen-bond donors (Lipinski definition) is 1. The van der Waals surface area contributed by atoms with Gasteiger partial charge in [-0.1, -0.05) is 0 Å². The summed E-state index contributed by atoms with van der Waals surface area (Å²) in [4.78, 5) is 13.7. The van der Waals surface area contributed by atoms with Crippen LogP contribution in [0, 0.1) is 11.3 Å². The van der Waals surface area contributed by atoms with Crippen molar-refractivity contribution in [2.75, 3.05) is 17.3 Å². The first-order valence-corrected chi connectivity index (χ1v) is 5.06. The molecule has 0 radical (unpaired) electrons. The van der Waals surface area contributed by atoms with Gasteiger partial charge in [-0.05, 0) is 32.0 Å². The Morgan fingerprint density at radius 3 is 2.75 bits per heavy atom. The van der Waals surface area contributed by atoms with Crippen LogP contribution in [0.3, 0.4) is 0 Å². The summed E-state index contributed by atoms with van der Waals surface area (Å²) in [5, 5.41) is 11.7. The van der Waals surface area contributed by atoms with Crippen molar-refractivity contribution in [3.05, 3.63) is 23.8 Å². The number of nitrogens with one attached hydrogen (secondary N) is 1. The Labute approximate surface area is 94.5 Å². The molecule has 0 saturated carbocycles. The number of anilines is 2. The van der Waals surface area contributed by atoms with Crippen LogP contribution in [0.1, 0.15) is 19.4 Å². The van der Waals surface area contributed by atoms with Gasteiger partial charge in [-0.15, -0.1) is 0 Å². The van der Waals surface area contributed by atoms with Crippen molar-refractivity contribution < 1.29 is 4.79 Å². The standard InChI is InChI=1S/C12H13N3O/c1-12(2)11(16)14-9-5-4-8(7-13)6-10(9)15(12)3/h4-6H,1-3H3,(H,14,16). The first-order chi connectivity index (χ1) is 7.46. The van der Waals surface area contributed by atoms with Gasteiger partial charge in [-0.2, -0.15) is 5.26 Å². The highest BCUT2D eigenvalue weighted by Crippen LogP contribution is 2.35. The quantitative estimate of drug-likeness (QED) is 0.717. The van der Waals surface area contributed by atoms with E-state index in [0.717, 1.165) is 11.4 Å². The molecule has 0 aliphatic carbocycles. The summed E-state index contributed by atoms with van der Waals surface area (Å²) < 4.78 is 0. The smallest absolute Gasteiger partial charge is 0.249 e. The molecular formula is C12H13N3O. The number of nitriles is 1. The molecule has 0 aromatic heterocycles. The maximum Gasteiger partial charge on any atom is 0.249 e. The van der Waals surface area contributed by atoms with Crippen molar-refractivity contribution in [1.82, 2.24) is 0 Å². The van der Waals surface area contributed by atoms with E-state index < -0.39 is 5.54 Å². The van der Waals surface area contributed by atoms with Gasteiger partial charge in [0.1, 0.15) is 5.54 Å². The normalized spacial score (nSPS) is 17.4. The zero-order chi connectivity index (χ0) is 11.9. The summed E-state index contributed by atoms with van der Waals surface area (Å²) in [6, 6.07) is 7.35. The second-order valence-corrected chi connectivity index (χ2v) is 4.42. The van der Waals surface area contributed by atoms with E-state index in [4.69, 9.17) is 5.26 Å². The summed E-state index contributed by atoms with van der Waals surface area (Å²) in [5.41, 5.74) is 1.63. The topological polar surface area (TPSA) is 56.1 Å². The van der Waals surface area contributed by atoms with Crippen LogP contribution in [0.4, 0.5) is 11.4 Å². The van der Waals surface area contributed by atoms with Crippen LogP contribution in [0.15, 0.2) is 18.2 Å². The zero-order valence-corrected chi connectivity index (χ0v) is 9.53. The molecule has 0 atom stereocenters. The number of fused-ring (bicyclic) bond motifs is 1. The number of hydrogen-bond acceptors (Lipinski definition) is 3. The molecule has 1 aliphatic rings. The fourth-order valence-electron chi connectivity index (χ4n) is 1.71. The predicted molar refractivity (Wildman–Crippen MR) is 62.3 cm³/mol. The summed E-state index contributed by atoms with van der Waals surface area (Å²) >= 11 is 0. The Hall–Kier alpha value is -2.02. The van der Waals surface area contributed by atoms with Crippen molar-refractivity contribution in [2.45, 2.75) is 19.4 Å². The maximum absolute atomic E-state index is 11.8. The van der Waals surface area contributed by atoms with Crippen molar-refractivity contribution in [3.63, 3.8) is 0 Å². The molecule has 4 heteroatoms. The Morgan fingerprint density at radius 1 is 1.44 bits per heavy atom. The minimum absolute atomic E-state index is 0.0350. The molecule has 0 saturated heterocycles. The Kier molecular flexibility index (Phi) is 2.13. The van der Waals surface area contributed by atoms with Gasteiger partial charge in [0, 0.05) is 7.05 Å². The van der Waals surface area contributed by atoms with Gasteiger partial charge in [0.05, 0.1) is 23.0 Å². The number of benzene rings is 1. The minimum Gasteiger partial charge on any atom is -0.359 e. The lowest BCUT2D eigenvalue weighted by molar-refractivity contribution is -0.120. The van der Waals surface area contributed by atoms with Gasteiger partial charge >= 0.3 is 0 Å². The molecule has 1 aliphatic heterocycles. The van der Waals surface area contributed by atoms with Crippen LogP contribution < -0.4 is 10.2 Å². The summed E-state index contributed by atoms with van der Waals surface area (Å²) in [7, 11) is 1.86. The van der Waals surface area contributed by atoms with Crippen LogP contribution in [0.5, 0.6) is 0 Å². The predicted octanol–water partition coefficient (Wildman–Crippen LogP) is 1.73. The van der Waals surface area contributed by atoms with Crippen LogP contribution in [0.2, 0.25) is 0 Å². The molecule has 2 rings (SSSR count). The highest BCUT2D eigenvalue weighted by atomic mass is 16.2. The summed E-state index contributed by atoms with van der Waals surface area (Å²) in [6.45, 7) is 3.70. The second-order valence-electron chi connectivity index (χ2n) is 4.42. The first-order valence-electron chi connectivity index (χ1n) is 5.06. The number of carbonyl (C=O) groups excluding carboxylic acids is 1. The molecule has 1 N–H and O–H groups in total. The third-order valence-corrected chi connectivity index (χ3v) is 3.13. The van der Waals surface area contributed by atoms with Gasteiger partial charge in [-0.3, -0.25) is 4.79 Å². The number of carbonyl (C=O) groups is 1. The lowest BCUT2D eigenvalue weighted by Crippen LogP contribution is -2.54. The number of amides is 1. The van der Waals surface area contributed by atoms with E-state index in [1.54, 1.807) is 18.2 Å². The highest BCUT2D eigenvalue weighted by Gasteiger charge is 2.37. The molecule has 1 aromatic rings. The maximum atomic E-state index is 11.8. The first kappa shape index (κ1) is 10.5. The minimum atomic E-state index is -0.596. The largest absolute Gasteiger partial charge is 0.359 e. The molecule has 0 bridgehead atoms. The Balaban J connectivity index is 2.58. The Bertz CT molecular complexity index is 499. The summed E-state index contributed by atoms with van der Waals surface area (Å²) in [6.07, 6.45) is 0. The van der Waals surface area contributed by atoms with Crippen molar-refractivity contribution in [3.8, 4) is 6.07 Å². The summed E-state index contributed by atoms with van der Waals surface area (Å²) in [5.74, 6) is -0.0350. The molecule has 0 unspecified atom stereocenters. The van der Waals surface area contributed by atoms with E-state index in [1.807, 2.05) is 25.8 Å². The van der Waals surface area contributed by atoms with Gasteiger partial charge in [-0.25, -0.2) is 0 Å².